The number of aromatic nitrogens is 2. The topological polar surface area (TPSA) is 109 Å². The Morgan fingerprint density at radius 2 is 1.85 bits per heavy atom. The number of carbonyl (C=O) groups is 2. The zero-order chi connectivity index (χ0) is 28.2. The van der Waals surface area contributed by atoms with Crippen LogP contribution < -0.4 is 15.2 Å². The second-order valence-corrected chi connectivity index (χ2v) is 9.25. The van der Waals surface area contributed by atoms with Gasteiger partial charge in [-0.3, -0.25) is 19.0 Å². The van der Waals surface area contributed by atoms with Gasteiger partial charge in [-0.15, -0.1) is 0 Å². The van der Waals surface area contributed by atoms with Gasteiger partial charge in [0.15, 0.2) is 12.4 Å². The van der Waals surface area contributed by atoms with Gasteiger partial charge in [0.1, 0.15) is 5.75 Å². The van der Waals surface area contributed by atoms with Crippen molar-refractivity contribution < 1.29 is 27.5 Å². The largest absolute Gasteiger partial charge is 0.484 e. The number of nitriles is 1. The lowest BCUT2D eigenvalue weighted by atomic mass is 10.0. The fourth-order valence-electron chi connectivity index (χ4n) is 4.40. The van der Waals surface area contributed by atoms with E-state index in [2.05, 4.69) is 9.88 Å². The highest BCUT2D eigenvalue weighted by Crippen LogP contribution is 2.25. The van der Waals surface area contributed by atoms with E-state index in [1.165, 1.54) is 36.0 Å². The molecule has 0 atom stereocenters. The minimum atomic E-state index is -4.55. The first-order valence-electron chi connectivity index (χ1n) is 12.3. The number of benzene rings is 2. The third kappa shape index (κ3) is 6.93. The Bertz CT molecular complexity index is 1490. The molecule has 9 nitrogen and oxygen atoms in total. The lowest BCUT2D eigenvalue weighted by Crippen LogP contribution is -2.48. The molecule has 0 radical (unpaired) electrons. The molecule has 1 aromatic heterocycles. The number of nitrogens with zero attached hydrogens (tertiary/aromatic N) is 5. The first-order chi connectivity index (χ1) is 18.5. The number of ether oxygens (including phenoxy) is 1. The molecule has 39 heavy (non-hydrogen) atoms. The molecular weight excluding hydrogens is 515 g/mol. The third-order valence-corrected chi connectivity index (χ3v) is 6.51. The number of fused-ring (bicyclic) bond motifs is 1. The summed E-state index contributed by atoms with van der Waals surface area (Å²) in [4.78, 5) is 45.6. The molecule has 0 N–H and O–H groups in total. The van der Waals surface area contributed by atoms with Crippen LogP contribution in [0.1, 0.15) is 24.5 Å². The Hall–Kier alpha value is -4.40. The molecule has 0 aliphatic carbocycles. The van der Waals surface area contributed by atoms with E-state index in [9.17, 15) is 27.6 Å². The van der Waals surface area contributed by atoms with Crippen molar-refractivity contribution in [2.75, 3.05) is 37.7 Å². The molecule has 1 saturated heterocycles. The second kappa shape index (κ2) is 11.6. The van der Waals surface area contributed by atoms with Crippen molar-refractivity contribution in [1.82, 2.24) is 14.5 Å². The fourth-order valence-corrected chi connectivity index (χ4v) is 4.40. The number of ketones is 1. The number of rotatable bonds is 8. The molecule has 2 aromatic carbocycles. The molecular formula is C27H26F3N5O4. The summed E-state index contributed by atoms with van der Waals surface area (Å²) < 4.78 is 44.0. The molecule has 0 unspecified atom stereocenters. The van der Waals surface area contributed by atoms with Crippen LogP contribution in [0.15, 0.2) is 47.5 Å². The molecule has 0 bridgehead atoms. The van der Waals surface area contributed by atoms with Crippen LogP contribution in [0.4, 0.5) is 18.9 Å². The maximum atomic E-state index is 13.2. The number of hydrogen-bond donors (Lipinski definition) is 0. The molecule has 1 fully saturated rings. The number of halogens is 3. The predicted octanol–water partition coefficient (Wildman–Crippen LogP) is 3.08. The average molecular weight is 542 g/mol. The number of piperazine rings is 1. The normalized spacial score (nSPS) is 13.8. The van der Waals surface area contributed by atoms with Gasteiger partial charge in [0.25, 0.3) is 5.56 Å². The van der Waals surface area contributed by atoms with Gasteiger partial charge < -0.3 is 14.5 Å². The molecule has 4 rings (SSSR count). The zero-order valence-corrected chi connectivity index (χ0v) is 21.2. The lowest BCUT2D eigenvalue weighted by Gasteiger charge is -2.35. The maximum absolute atomic E-state index is 13.2. The van der Waals surface area contributed by atoms with Gasteiger partial charge >= 0.3 is 6.18 Å². The Kier molecular flexibility index (Phi) is 8.18. The fraction of sp³-hybridized carbons (Fsp3) is 0.370. The molecule has 1 aliphatic rings. The van der Waals surface area contributed by atoms with Gasteiger partial charge in [-0.2, -0.15) is 18.4 Å². The van der Waals surface area contributed by atoms with Crippen LogP contribution in [0.3, 0.4) is 0 Å². The number of Topliss-reactive ketones (excluding diaryl/α,β-unsaturated/α-hetero) is 1. The van der Waals surface area contributed by atoms with Gasteiger partial charge in [0, 0.05) is 45.2 Å². The number of carbonyl (C=O) groups excluding carboxylic acids is 2. The smallest absolute Gasteiger partial charge is 0.422 e. The summed E-state index contributed by atoms with van der Waals surface area (Å²) in [5, 5.41) is 9.40. The Morgan fingerprint density at radius 1 is 1.10 bits per heavy atom. The molecule has 12 heteroatoms. The van der Waals surface area contributed by atoms with E-state index in [1.54, 1.807) is 17.0 Å². The van der Waals surface area contributed by atoms with Crippen LogP contribution in [0.25, 0.3) is 10.9 Å². The van der Waals surface area contributed by atoms with Crippen molar-refractivity contribution in [2.24, 2.45) is 0 Å². The minimum absolute atomic E-state index is 0.0224. The highest BCUT2D eigenvalue weighted by molar-refractivity contribution is 5.83. The monoisotopic (exact) mass is 541 g/mol. The highest BCUT2D eigenvalue weighted by Gasteiger charge is 2.29. The van der Waals surface area contributed by atoms with Gasteiger partial charge in [0.2, 0.25) is 5.91 Å². The summed E-state index contributed by atoms with van der Waals surface area (Å²) in [6, 6.07) is 11.3. The van der Waals surface area contributed by atoms with Gasteiger partial charge in [0.05, 0.1) is 35.4 Å². The first kappa shape index (κ1) is 27.6. The standard InChI is InChI=1S/C27H26F3N5O4/c1-18(36)33-8-10-34(11-9-33)21-5-7-24-23(13-21)26(38)35(17-32-24)15-22(37)6-4-20-3-2-19(14-31)12-25(20)39-16-27(28,29)30/h2-3,5,7,12-13,17H,4,6,8-11,15-16H2,1H3. The SMILES string of the molecule is CC(=O)N1CCN(c2ccc3ncn(CC(=O)CCc4ccc(C#N)cc4OCC(F)(F)F)c(=O)c3c2)CC1. The van der Waals surface area contributed by atoms with Crippen LogP contribution >= 0.6 is 0 Å². The lowest BCUT2D eigenvalue weighted by molar-refractivity contribution is -0.153. The van der Waals surface area contributed by atoms with Crippen molar-refractivity contribution in [3.8, 4) is 11.8 Å². The molecule has 3 aromatic rings. The summed E-state index contributed by atoms with van der Waals surface area (Å²) in [7, 11) is 0. The van der Waals surface area contributed by atoms with Crippen molar-refractivity contribution in [1.29, 1.82) is 5.26 Å². The van der Waals surface area contributed by atoms with Crippen LogP contribution in [0.2, 0.25) is 0 Å². The van der Waals surface area contributed by atoms with Crippen LogP contribution in [-0.4, -0.2) is 65.1 Å². The quantitative estimate of drug-likeness (QED) is 0.431. The zero-order valence-electron chi connectivity index (χ0n) is 21.2. The predicted molar refractivity (Wildman–Crippen MR) is 137 cm³/mol. The Labute approximate surface area is 222 Å². The van der Waals surface area contributed by atoms with E-state index in [1.807, 2.05) is 12.1 Å². The number of aryl methyl sites for hydroxylation is 1. The Balaban J connectivity index is 1.45. The summed E-state index contributed by atoms with van der Waals surface area (Å²) in [5.41, 5.74) is 1.41. The highest BCUT2D eigenvalue weighted by atomic mass is 19.4. The van der Waals surface area contributed by atoms with Crippen molar-refractivity contribution in [3.05, 3.63) is 64.2 Å². The number of alkyl halides is 3. The van der Waals surface area contributed by atoms with E-state index >= 15 is 0 Å². The van der Waals surface area contributed by atoms with Gasteiger partial charge in [-0.1, -0.05) is 6.07 Å². The molecule has 1 amide bonds. The molecule has 0 spiro atoms. The van der Waals surface area contributed by atoms with E-state index in [4.69, 9.17) is 10.00 Å². The van der Waals surface area contributed by atoms with E-state index in [0.717, 1.165) is 5.69 Å². The minimum Gasteiger partial charge on any atom is -0.484 e. The summed E-state index contributed by atoms with van der Waals surface area (Å²) in [6.45, 7) is 2.19. The van der Waals surface area contributed by atoms with Gasteiger partial charge in [-0.05, 0) is 42.3 Å². The third-order valence-electron chi connectivity index (χ3n) is 6.51. The molecule has 0 saturated carbocycles. The first-order valence-corrected chi connectivity index (χ1v) is 12.3. The summed E-state index contributed by atoms with van der Waals surface area (Å²) >= 11 is 0. The van der Waals surface area contributed by atoms with Crippen molar-refractivity contribution in [3.63, 3.8) is 0 Å². The number of amides is 1. The maximum Gasteiger partial charge on any atom is 0.422 e. The molecule has 1 aliphatic heterocycles. The number of hydrogen-bond acceptors (Lipinski definition) is 7. The van der Waals surface area contributed by atoms with E-state index in [0.29, 0.717) is 42.6 Å². The summed E-state index contributed by atoms with van der Waals surface area (Å²) in [5.74, 6) is -0.407. The average Bonchev–Trinajstić information content (AvgIpc) is 2.92. The van der Waals surface area contributed by atoms with Crippen LogP contribution in [0.5, 0.6) is 5.75 Å². The number of anilines is 1. The molecule has 204 valence electrons. The van der Waals surface area contributed by atoms with Crippen molar-refractivity contribution in [2.45, 2.75) is 32.5 Å². The Morgan fingerprint density at radius 3 is 2.51 bits per heavy atom. The van der Waals surface area contributed by atoms with E-state index < -0.39 is 12.8 Å². The van der Waals surface area contributed by atoms with Crippen LogP contribution in [-0.2, 0) is 22.6 Å². The van der Waals surface area contributed by atoms with Crippen molar-refractivity contribution >= 4 is 28.3 Å². The second-order valence-electron chi connectivity index (χ2n) is 9.25. The van der Waals surface area contributed by atoms with Crippen LogP contribution in [0, 0.1) is 11.3 Å². The summed E-state index contributed by atoms with van der Waals surface area (Å²) in [6.07, 6.45) is -3.24. The van der Waals surface area contributed by atoms with E-state index in [-0.39, 0.29) is 47.9 Å². The van der Waals surface area contributed by atoms with Gasteiger partial charge in [-0.25, -0.2) is 4.98 Å². The molecule has 2 heterocycles.